The standard InChI is InChI=1S/C22H22N2O3S/c1-3-17-9-7-8-12-20(17)23-22(25)18-14-13-16(2)21(15-18)28(26,27)24-19-10-5-4-6-11-19/h4-15,24H,3H2,1-2H3,(H,23,25). The molecule has 0 saturated heterocycles. The summed E-state index contributed by atoms with van der Waals surface area (Å²) in [5.74, 6) is -0.350. The molecular formula is C22H22N2O3S. The molecule has 144 valence electrons. The number of hydrogen-bond donors (Lipinski definition) is 2. The highest BCUT2D eigenvalue weighted by atomic mass is 32.2. The molecule has 3 aromatic carbocycles. The number of carbonyl (C=O) groups excluding carboxylic acids is 1. The second-order valence-electron chi connectivity index (χ2n) is 6.42. The molecule has 0 fully saturated rings. The van der Waals surface area contributed by atoms with Crippen molar-refractivity contribution in [2.24, 2.45) is 0 Å². The van der Waals surface area contributed by atoms with E-state index in [0.29, 0.717) is 11.3 Å². The van der Waals surface area contributed by atoms with E-state index in [9.17, 15) is 13.2 Å². The quantitative estimate of drug-likeness (QED) is 0.641. The number of nitrogens with one attached hydrogen (secondary N) is 2. The number of benzene rings is 3. The van der Waals surface area contributed by atoms with Gasteiger partial charge in [-0.1, -0.05) is 49.4 Å². The van der Waals surface area contributed by atoms with Crippen LogP contribution in [0.25, 0.3) is 0 Å². The number of rotatable bonds is 6. The summed E-state index contributed by atoms with van der Waals surface area (Å²) in [5.41, 5.74) is 3.05. The number of hydrogen-bond acceptors (Lipinski definition) is 3. The van der Waals surface area contributed by atoms with Crippen LogP contribution in [0.3, 0.4) is 0 Å². The van der Waals surface area contributed by atoms with Crippen molar-refractivity contribution in [2.45, 2.75) is 25.2 Å². The molecule has 0 unspecified atom stereocenters. The summed E-state index contributed by atoms with van der Waals surface area (Å²) in [4.78, 5) is 12.8. The maximum atomic E-state index is 12.8. The molecule has 0 aromatic heterocycles. The summed E-state index contributed by atoms with van der Waals surface area (Å²) in [6.07, 6.45) is 0.783. The van der Waals surface area contributed by atoms with E-state index in [-0.39, 0.29) is 16.4 Å². The minimum atomic E-state index is -3.82. The van der Waals surface area contributed by atoms with Crippen molar-refractivity contribution in [2.75, 3.05) is 10.0 Å². The molecule has 0 spiro atoms. The van der Waals surface area contributed by atoms with Crippen LogP contribution in [0, 0.1) is 6.92 Å². The van der Waals surface area contributed by atoms with Gasteiger partial charge in [0.1, 0.15) is 0 Å². The average Bonchev–Trinajstić information content (AvgIpc) is 2.69. The van der Waals surface area contributed by atoms with E-state index in [1.54, 1.807) is 43.3 Å². The van der Waals surface area contributed by atoms with E-state index in [4.69, 9.17) is 0 Å². The Labute approximate surface area is 165 Å². The Hall–Kier alpha value is -3.12. The number of amides is 1. The largest absolute Gasteiger partial charge is 0.322 e. The van der Waals surface area contributed by atoms with Crippen molar-refractivity contribution in [1.29, 1.82) is 0 Å². The van der Waals surface area contributed by atoms with Gasteiger partial charge in [-0.25, -0.2) is 8.42 Å². The fraction of sp³-hybridized carbons (Fsp3) is 0.136. The molecule has 0 heterocycles. The van der Waals surface area contributed by atoms with Crippen molar-refractivity contribution in [1.82, 2.24) is 0 Å². The lowest BCUT2D eigenvalue weighted by atomic mass is 10.1. The lowest BCUT2D eigenvalue weighted by Gasteiger charge is -2.13. The highest BCUT2D eigenvalue weighted by Gasteiger charge is 2.19. The van der Waals surface area contributed by atoms with Crippen LogP contribution in [0.5, 0.6) is 0 Å². The van der Waals surface area contributed by atoms with Crippen molar-refractivity contribution in [3.8, 4) is 0 Å². The van der Waals surface area contributed by atoms with Crippen LogP contribution in [0.2, 0.25) is 0 Å². The van der Waals surface area contributed by atoms with E-state index in [2.05, 4.69) is 10.0 Å². The van der Waals surface area contributed by atoms with Gasteiger partial charge in [-0.3, -0.25) is 9.52 Å². The molecule has 0 atom stereocenters. The molecule has 0 aliphatic rings. The Morgan fingerprint density at radius 1 is 0.929 bits per heavy atom. The molecule has 0 aliphatic carbocycles. The molecule has 28 heavy (non-hydrogen) atoms. The van der Waals surface area contributed by atoms with E-state index in [1.165, 1.54) is 6.07 Å². The monoisotopic (exact) mass is 394 g/mol. The molecule has 6 heteroatoms. The van der Waals surface area contributed by atoms with Gasteiger partial charge in [0, 0.05) is 16.9 Å². The number of para-hydroxylation sites is 2. The zero-order valence-corrected chi connectivity index (χ0v) is 16.6. The third kappa shape index (κ3) is 4.40. The van der Waals surface area contributed by atoms with Crippen LogP contribution in [0.1, 0.15) is 28.4 Å². The van der Waals surface area contributed by atoms with E-state index < -0.39 is 10.0 Å². The van der Waals surface area contributed by atoms with Crippen LogP contribution in [0.4, 0.5) is 11.4 Å². The van der Waals surface area contributed by atoms with Gasteiger partial charge in [0.05, 0.1) is 4.90 Å². The van der Waals surface area contributed by atoms with Crippen LogP contribution < -0.4 is 10.0 Å². The second-order valence-corrected chi connectivity index (χ2v) is 8.07. The Kier molecular flexibility index (Phi) is 5.80. The molecular weight excluding hydrogens is 372 g/mol. The molecule has 0 aliphatic heterocycles. The summed E-state index contributed by atoms with van der Waals surface area (Å²) < 4.78 is 28.2. The maximum Gasteiger partial charge on any atom is 0.262 e. The maximum absolute atomic E-state index is 12.8. The van der Waals surface area contributed by atoms with E-state index in [0.717, 1.165) is 17.7 Å². The molecule has 3 aromatic rings. The van der Waals surface area contributed by atoms with Crippen molar-refractivity contribution in [3.63, 3.8) is 0 Å². The van der Waals surface area contributed by atoms with Gasteiger partial charge in [-0.15, -0.1) is 0 Å². The van der Waals surface area contributed by atoms with Gasteiger partial charge in [0.2, 0.25) is 0 Å². The Bertz CT molecular complexity index is 1090. The van der Waals surface area contributed by atoms with Gasteiger partial charge in [-0.2, -0.15) is 0 Å². The van der Waals surface area contributed by atoms with Crippen LogP contribution in [0.15, 0.2) is 77.7 Å². The smallest absolute Gasteiger partial charge is 0.262 e. The molecule has 0 radical (unpaired) electrons. The Morgan fingerprint density at radius 3 is 2.32 bits per heavy atom. The molecule has 2 N–H and O–H groups in total. The predicted octanol–water partition coefficient (Wildman–Crippen LogP) is 4.61. The first-order chi connectivity index (χ1) is 13.4. The highest BCUT2D eigenvalue weighted by Crippen LogP contribution is 2.22. The summed E-state index contributed by atoms with van der Waals surface area (Å²) in [6.45, 7) is 3.71. The normalized spacial score (nSPS) is 11.1. The highest BCUT2D eigenvalue weighted by molar-refractivity contribution is 7.92. The van der Waals surface area contributed by atoms with E-state index in [1.807, 2.05) is 37.3 Å². The minimum absolute atomic E-state index is 0.0766. The Morgan fingerprint density at radius 2 is 1.61 bits per heavy atom. The lowest BCUT2D eigenvalue weighted by molar-refractivity contribution is 0.102. The van der Waals surface area contributed by atoms with E-state index >= 15 is 0 Å². The number of aryl methyl sites for hydroxylation is 2. The second kappa shape index (κ2) is 8.27. The lowest BCUT2D eigenvalue weighted by Crippen LogP contribution is -2.17. The van der Waals surface area contributed by atoms with Crippen molar-refractivity contribution < 1.29 is 13.2 Å². The molecule has 0 saturated carbocycles. The number of anilines is 2. The fourth-order valence-corrected chi connectivity index (χ4v) is 4.22. The van der Waals surface area contributed by atoms with Crippen molar-refractivity contribution >= 4 is 27.3 Å². The zero-order valence-electron chi connectivity index (χ0n) is 15.8. The summed E-state index contributed by atoms with van der Waals surface area (Å²) in [6, 6.07) is 20.9. The third-order valence-corrected chi connectivity index (χ3v) is 5.94. The van der Waals surface area contributed by atoms with Gasteiger partial charge < -0.3 is 5.32 Å². The number of carbonyl (C=O) groups is 1. The molecule has 5 nitrogen and oxygen atoms in total. The fourth-order valence-electron chi connectivity index (χ4n) is 2.89. The van der Waals surface area contributed by atoms with Crippen molar-refractivity contribution in [3.05, 3.63) is 89.5 Å². The SMILES string of the molecule is CCc1ccccc1NC(=O)c1ccc(C)c(S(=O)(=O)Nc2ccccc2)c1. The van der Waals surface area contributed by atoms with Crippen LogP contribution in [-0.2, 0) is 16.4 Å². The van der Waals surface area contributed by atoms with Crippen LogP contribution >= 0.6 is 0 Å². The van der Waals surface area contributed by atoms with Gasteiger partial charge in [-0.05, 0) is 54.8 Å². The summed E-state index contributed by atoms with van der Waals surface area (Å²) >= 11 is 0. The van der Waals surface area contributed by atoms with Gasteiger partial charge in [0.25, 0.3) is 15.9 Å². The topological polar surface area (TPSA) is 75.3 Å². The molecule has 3 rings (SSSR count). The predicted molar refractivity (Wildman–Crippen MR) is 112 cm³/mol. The summed E-state index contributed by atoms with van der Waals surface area (Å²) in [7, 11) is -3.82. The van der Waals surface area contributed by atoms with Gasteiger partial charge in [0.15, 0.2) is 0 Å². The minimum Gasteiger partial charge on any atom is -0.322 e. The molecule has 1 amide bonds. The first-order valence-corrected chi connectivity index (χ1v) is 10.5. The first-order valence-electron chi connectivity index (χ1n) is 8.98. The zero-order chi connectivity index (χ0) is 20.1. The number of sulfonamides is 1. The Balaban J connectivity index is 1.89. The third-order valence-electron chi connectivity index (χ3n) is 4.41. The van der Waals surface area contributed by atoms with Gasteiger partial charge >= 0.3 is 0 Å². The average molecular weight is 394 g/mol. The molecule has 0 bridgehead atoms. The first kappa shape index (κ1) is 19.6. The van der Waals surface area contributed by atoms with Crippen LogP contribution in [-0.4, -0.2) is 14.3 Å². The summed E-state index contributed by atoms with van der Waals surface area (Å²) in [5, 5.41) is 2.87.